The van der Waals surface area contributed by atoms with Gasteiger partial charge in [0.25, 0.3) is 0 Å². The molecule has 0 saturated carbocycles. The van der Waals surface area contributed by atoms with Crippen molar-refractivity contribution in [2.24, 2.45) is 0 Å². The standard InChI is InChI=1S/2C7H7.2HI.Ti/c2*1-7-5-3-2-4-6-7;;;/h2*2-5H,1H3;2*1H;/q;;;;+2/p-2. The Kier molecular flexibility index (Phi) is 4.72. The maximum atomic E-state index is 2.73. The van der Waals surface area contributed by atoms with Gasteiger partial charge in [0.1, 0.15) is 0 Å². The molecule has 0 aliphatic carbocycles. The predicted molar refractivity (Wildman–Crippen MR) is 89.7 cm³/mol. The molecule has 0 aliphatic heterocycles. The molecule has 2 aromatic carbocycles. The number of hydrogen-bond acceptors (Lipinski definition) is 0. The number of aryl methyl sites for hydroxylation is 2. The molecule has 0 atom stereocenters. The van der Waals surface area contributed by atoms with E-state index in [1.165, 1.54) is 11.1 Å². The monoisotopic (exact) mass is 484 g/mol. The van der Waals surface area contributed by atoms with Gasteiger partial charge in [0.2, 0.25) is 0 Å². The second-order valence-corrected chi connectivity index (χ2v) is 29.5. The number of rotatable bonds is 2. The van der Waals surface area contributed by atoms with Crippen molar-refractivity contribution in [3.63, 3.8) is 0 Å². The SMILES string of the molecule is Cc1cccc[c]1[Ti]([I])([I])[c]1ccccc1C. The van der Waals surface area contributed by atoms with Crippen LogP contribution in [-0.2, 0) is 9.09 Å². The topological polar surface area (TPSA) is 0 Å². The Morgan fingerprint density at radius 2 is 1.06 bits per heavy atom. The average molecular weight is 484 g/mol. The van der Waals surface area contributed by atoms with Crippen molar-refractivity contribution >= 4 is 46.1 Å². The van der Waals surface area contributed by atoms with Gasteiger partial charge in [-0.15, -0.1) is 0 Å². The van der Waals surface area contributed by atoms with Crippen LogP contribution in [0.5, 0.6) is 0 Å². The van der Waals surface area contributed by atoms with Gasteiger partial charge in [-0.2, -0.15) is 0 Å². The zero-order valence-corrected chi connectivity index (χ0v) is 15.8. The van der Waals surface area contributed by atoms with Crippen LogP contribution >= 0.6 is 38.4 Å². The molecule has 3 heteroatoms. The molecular formula is C14H14I2Ti. The van der Waals surface area contributed by atoms with Crippen LogP contribution in [0.4, 0.5) is 0 Å². The molecule has 0 aliphatic rings. The van der Waals surface area contributed by atoms with E-state index in [0.717, 1.165) is 0 Å². The first-order chi connectivity index (χ1) is 8.03. The van der Waals surface area contributed by atoms with Gasteiger partial charge in [-0.1, -0.05) is 0 Å². The molecule has 2 rings (SSSR count). The summed E-state index contributed by atoms with van der Waals surface area (Å²) < 4.78 is 3.14. The molecule has 0 unspecified atom stereocenters. The predicted octanol–water partition coefficient (Wildman–Crippen LogP) is 4.11. The van der Waals surface area contributed by atoms with Crippen molar-refractivity contribution in [2.45, 2.75) is 13.8 Å². The number of benzene rings is 2. The molecule has 0 heterocycles. The second kappa shape index (κ2) is 5.72. The van der Waals surface area contributed by atoms with Crippen LogP contribution in [-0.4, -0.2) is 0 Å². The van der Waals surface area contributed by atoms with E-state index in [-0.39, 0.29) is 0 Å². The quantitative estimate of drug-likeness (QED) is 0.445. The van der Waals surface area contributed by atoms with Gasteiger partial charge in [0.05, 0.1) is 0 Å². The van der Waals surface area contributed by atoms with Crippen LogP contribution in [0.15, 0.2) is 48.5 Å². The van der Waals surface area contributed by atoms with Gasteiger partial charge >= 0.3 is 129 Å². The molecule has 2 aromatic rings. The molecule has 0 bridgehead atoms. The van der Waals surface area contributed by atoms with Gasteiger partial charge in [-0.3, -0.25) is 0 Å². The fourth-order valence-corrected chi connectivity index (χ4v) is 15.2. The third kappa shape index (κ3) is 2.96. The van der Waals surface area contributed by atoms with Crippen LogP contribution in [0, 0.1) is 13.8 Å². The van der Waals surface area contributed by atoms with Crippen LogP contribution in [0.1, 0.15) is 11.1 Å². The van der Waals surface area contributed by atoms with E-state index in [1.807, 2.05) is 0 Å². The van der Waals surface area contributed by atoms with Crippen molar-refractivity contribution in [3.8, 4) is 0 Å². The Balaban J connectivity index is 2.58. The van der Waals surface area contributed by atoms with Crippen molar-refractivity contribution in [1.29, 1.82) is 0 Å². The van der Waals surface area contributed by atoms with Gasteiger partial charge in [0.15, 0.2) is 0 Å². The summed E-state index contributed by atoms with van der Waals surface area (Å²) in [6.45, 7) is 4.45. The maximum absolute atomic E-state index is 2.73. The summed E-state index contributed by atoms with van der Waals surface area (Å²) in [5.74, 6) is 0. The van der Waals surface area contributed by atoms with Gasteiger partial charge in [0, 0.05) is 0 Å². The fourth-order valence-electron chi connectivity index (χ4n) is 2.00. The van der Waals surface area contributed by atoms with Crippen molar-refractivity contribution in [3.05, 3.63) is 59.7 Å². The number of halogens is 2. The summed E-state index contributed by atoms with van der Waals surface area (Å²) in [6, 6.07) is 17.7. The van der Waals surface area contributed by atoms with E-state index in [2.05, 4.69) is 101 Å². The molecule has 0 radical (unpaired) electrons. The molecule has 0 saturated heterocycles. The summed E-state index contributed by atoms with van der Waals surface area (Å²) in [4.78, 5) is 0. The van der Waals surface area contributed by atoms with E-state index in [4.69, 9.17) is 0 Å². The van der Waals surface area contributed by atoms with E-state index < -0.39 is 9.09 Å². The summed E-state index contributed by atoms with van der Waals surface area (Å²) in [5, 5.41) is 0. The zero-order valence-electron chi connectivity index (χ0n) is 9.87. The Labute approximate surface area is 127 Å². The third-order valence-electron chi connectivity index (χ3n) is 2.97. The molecule has 0 aromatic heterocycles. The normalized spacial score (nSPS) is 11.5. The van der Waals surface area contributed by atoms with Crippen LogP contribution < -0.4 is 7.74 Å². The second-order valence-electron chi connectivity index (χ2n) is 4.20. The van der Waals surface area contributed by atoms with Crippen LogP contribution in [0.3, 0.4) is 0 Å². The van der Waals surface area contributed by atoms with Crippen molar-refractivity contribution in [1.82, 2.24) is 0 Å². The molecule has 0 fully saturated rings. The molecular weight excluding hydrogens is 470 g/mol. The molecule has 0 N–H and O–H groups in total. The van der Waals surface area contributed by atoms with Gasteiger partial charge < -0.3 is 0 Å². The summed E-state index contributed by atoms with van der Waals surface area (Å²) in [6.07, 6.45) is 0. The molecule has 17 heavy (non-hydrogen) atoms. The summed E-state index contributed by atoms with van der Waals surface area (Å²) in [5.41, 5.74) is 2.86. The average Bonchev–Trinajstić information content (AvgIpc) is 2.29. The summed E-state index contributed by atoms with van der Waals surface area (Å²) in [7, 11) is -2.17. The molecule has 0 spiro atoms. The number of hydrogen-bond donors (Lipinski definition) is 0. The molecule has 88 valence electrons. The Hall–Kier alpha value is 0.614. The van der Waals surface area contributed by atoms with Crippen molar-refractivity contribution < 1.29 is 9.09 Å². The Morgan fingerprint density at radius 3 is 1.41 bits per heavy atom. The minimum atomic E-state index is -2.17. The van der Waals surface area contributed by atoms with E-state index >= 15 is 0 Å². The van der Waals surface area contributed by atoms with Gasteiger partial charge in [-0.25, -0.2) is 0 Å². The first kappa shape index (κ1) is 14.0. The zero-order chi connectivity index (χ0) is 12.5. The fraction of sp³-hybridized carbons (Fsp3) is 0.143. The van der Waals surface area contributed by atoms with E-state index in [9.17, 15) is 0 Å². The van der Waals surface area contributed by atoms with Crippen LogP contribution in [0.2, 0.25) is 0 Å². The van der Waals surface area contributed by atoms with E-state index in [0.29, 0.717) is 0 Å². The first-order valence-electron chi connectivity index (χ1n) is 5.53. The van der Waals surface area contributed by atoms with E-state index in [1.54, 1.807) is 7.74 Å². The third-order valence-corrected chi connectivity index (χ3v) is 16.4. The first-order valence-corrected chi connectivity index (χ1v) is 17.2. The summed E-state index contributed by atoms with van der Waals surface area (Å²) >= 11 is 5.47. The Morgan fingerprint density at radius 1 is 0.706 bits per heavy atom. The Bertz CT molecular complexity index is 488. The molecule has 0 amide bonds. The molecule has 0 nitrogen and oxygen atoms in total. The van der Waals surface area contributed by atoms with Gasteiger partial charge in [-0.05, 0) is 0 Å². The minimum absolute atomic E-state index is 1.43. The van der Waals surface area contributed by atoms with Crippen LogP contribution in [0.25, 0.3) is 0 Å². The van der Waals surface area contributed by atoms with Crippen molar-refractivity contribution in [2.75, 3.05) is 0 Å².